The van der Waals surface area contributed by atoms with Gasteiger partial charge in [0.1, 0.15) is 34.3 Å². The second-order valence-corrected chi connectivity index (χ2v) is 17.6. The maximum atomic E-state index is 11.8. The molecule has 71 heavy (non-hydrogen) atoms. The Bertz CT molecular complexity index is 4050. The second kappa shape index (κ2) is 17.1. The number of phenols is 1. The number of para-hydroxylation sites is 7. The molecule has 0 aliphatic carbocycles. The fraction of sp³-hybridized carbons (Fsp3) is 0. The van der Waals surface area contributed by atoms with E-state index >= 15 is 0 Å². The summed E-state index contributed by atoms with van der Waals surface area (Å²) >= 11 is 0. The molecule has 2 aromatic heterocycles. The number of rotatable bonds is 7. The number of ether oxygens (including phenoxy) is 2. The van der Waals surface area contributed by atoms with Crippen molar-refractivity contribution in [1.82, 2.24) is 19.1 Å². The van der Waals surface area contributed by atoms with Crippen LogP contribution in [0.5, 0.6) is 28.7 Å². The monoisotopic (exact) mass is 1090 g/mol. The van der Waals surface area contributed by atoms with Crippen LogP contribution in [-0.4, -0.2) is 30.9 Å². The summed E-state index contributed by atoms with van der Waals surface area (Å²) < 4.78 is 18.9. The van der Waals surface area contributed by atoms with Gasteiger partial charge in [0.05, 0.1) is 33.6 Å². The van der Waals surface area contributed by atoms with E-state index in [1.165, 1.54) is 0 Å². The maximum absolute atomic E-state index is 11.8. The Morgan fingerprint density at radius 3 is 1.66 bits per heavy atom. The largest absolute Gasteiger partial charge is 0.507 e. The van der Waals surface area contributed by atoms with Crippen molar-refractivity contribution >= 4 is 45.2 Å². The van der Waals surface area contributed by atoms with Crippen molar-refractivity contribution in [3.8, 4) is 96.3 Å². The Morgan fingerprint density at radius 2 is 0.986 bits per heavy atom. The van der Waals surface area contributed by atoms with Crippen molar-refractivity contribution in [3.63, 3.8) is 0 Å². The number of aromatic nitrogens is 4. The minimum Gasteiger partial charge on any atom is -0.507 e. The molecule has 1 N–H and O–H groups in total. The SMILES string of the molecule is Oc1ccccc1-c1nc2c(-c3[c-]c(-c4nc5ccccc5n4-c4ccccc4-c4ccccc4)ccc3)c3c4c(c2n1-c1ccccc1-c1ccccc1)Oc1ccccc1B4c1ccccc1O3.[Pt]. The van der Waals surface area contributed by atoms with Crippen LogP contribution in [0.3, 0.4) is 0 Å². The third kappa shape index (κ3) is 6.70. The van der Waals surface area contributed by atoms with Gasteiger partial charge in [-0.3, -0.25) is 9.55 Å². The van der Waals surface area contributed by atoms with Gasteiger partial charge in [-0.05, 0) is 76.1 Å². The Kier molecular flexibility index (Phi) is 10.2. The van der Waals surface area contributed by atoms with Gasteiger partial charge in [-0.15, -0.1) is 29.8 Å². The van der Waals surface area contributed by atoms with E-state index in [4.69, 9.17) is 19.4 Å². The van der Waals surface area contributed by atoms with Gasteiger partial charge in [-0.25, -0.2) is 4.98 Å². The van der Waals surface area contributed by atoms with Gasteiger partial charge in [0.15, 0.2) is 5.75 Å². The number of imidazole rings is 2. The number of fused-ring (bicyclic) bond motifs is 7. The fourth-order valence-corrected chi connectivity index (χ4v) is 10.7. The molecule has 2 aliphatic rings. The van der Waals surface area contributed by atoms with E-state index in [0.29, 0.717) is 28.4 Å². The van der Waals surface area contributed by atoms with Gasteiger partial charge in [-0.2, -0.15) is 0 Å². The van der Waals surface area contributed by atoms with Crippen molar-refractivity contribution in [3.05, 3.63) is 231 Å². The summed E-state index contributed by atoms with van der Waals surface area (Å²) in [6.07, 6.45) is 0. The average molecular weight is 1090 g/mol. The standard InChI is InChI=1S/C62H38BN4O3.Pt/c68-52-35-16-9-28-45(52)62-65-57-55(41-24-19-25-42(38-41)61-64-48-31-12-15-34-51(48)66(61)49-32-13-7-26-43(49)39-20-3-1-4-21-39)59-56-60(58(57)67(62)50-33-14-8-27-44(50)40-22-5-2-6-23-40)70-54-37-18-11-30-47(54)63(56)46-29-10-17-36-53(46)69-59;/h1-37,68H;/q-1;. The first-order chi connectivity index (χ1) is 34.7. The third-order valence-electron chi connectivity index (χ3n) is 13.7. The minimum atomic E-state index is -0.244. The van der Waals surface area contributed by atoms with Crippen LogP contribution in [0, 0.1) is 6.07 Å². The van der Waals surface area contributed by atoms with E-state index in [9.17, 15) is 5.11 Å². The summed E-state index contributed by atoms with van der Waals surface area (Å²) in [5.41, 5.74) is 15.1. The van der Waals surface area contributed by atoms with E-state index in [1.807, 2.05) is 66.7 Å². The number of hydrogen-bond donors (Lipinski definition) is 1. The van der Waals surface area contributed by atoms with Gasteiger partial charge in [-0.1, -0.05) is 163 Å². The quantitative estimate of drug-likeness (QED) is 0.127. The topological polar surface area (TPSA) is 74.3 Å². The molecule has 0 spiro atoms. The molecule has 0 unspecified atom stereocenters. The third-order valence-corrected chi connectivity index (χ3v) is 13.7. The van der Waals surface area contributed by atoms with Crippen LogP contribution in [0.1, 0.15) is 0 Å². The molecule has 0 amide bonds. The fourth-order valence-electron chi connectivity index (χ4n) is 10.7. The van der Waals surface area contributed by atoms with Crippen LogP contribution in [0.4, 0.5) is 0 Å². The summed E-state index contributed by atoms with van der Waals surface area (Å²) in [5, 5.41) is 11.8. The van der Waals surface area contributed by atoms with Gasteiger partial charge in [0.2, 0.25) is 0 Å². The van der Waals surface area contributed by atoms with Crippen molar-refractivity contribution in [2.45, 2.75) is 0 Å². The van der Waals surface area contributed by atoms with Gasteiger partial charge < -0.3 is 19.1 Å². The van der Waals surface area contributed by atoms with Gasteiger partial charge >= 0.3 is 0 Å². The van der Waals surface area contributed by atoms with Crippen molar-refractivity contribution < 1.29 is 35.6 Å². The summed E-state index contributed by atoms with van der Waals surface area (Å²) in [6.45, 7) is -0.244. The van der Waals surface area contributed by atoms with Crippen LogP contribution in [-0.2, 0) is 21.1 Å². The molecule has 12 aromatic rings. The maximum Gasteiger partial charge on any atom is 0.259 e. The van der Waals surface area contributed by atoms with Crippen molar-refractivity contribution in [2.24, 2.45) is 0 Å². The molecule has 0 atom stereocenters. The zero-order valence-corrected chi connectivity index (χ0v) is 40.1. The summed E-state index contributed by atoms with van der Waals surface area (Å²) in [7, 11) is 0. The van der Waals surface area contributed by atoms with E-state index < -0.39 is 0 Å². The molecular weight excluding hydrogens is 1050 g/mol. The predicted octanol–water partition coefficient (Wildman–Crippen LogP) is 12.9. The molecule has 0 saturated heterocycles. The molecular formula is C62H38BN4O3Pt-. The summed E-state index contributed by atoms with van der Waals surface area (Å²) in [4.78, 5) is 11.0. The first kappa shape index (κ1) is 42.4. The first-order valence-electron chi connectivity index (χ1n) is 23.4. The van der Waals surface area contributed by atoms with Crippen LogP contribution in [0.2, 0.25) is 0 Å². The molecule has 0 bridgehead atoms. The zero-order chi connectivity index (χ0) is 46.3. The van der Waals surface area contributed by atoms with Gasteiger partial charge in [0, 0.05) is 43.3 Å². The molecule has 10 aromatic carbocycles. The molecule has 2 aliphatic heterocycles. The van der Waals surface area contributed by atoms with Crippen LogP contribution in [0.25, 0.3) is 89.6 Å². The van der Waals surface area contributed by atoms with Crippen LogP contribution in [0.15, 0.2) is 224 Å². The molecule has 0 saturated carbocycles. The molecule has 338 valence electrons. The Labute approximate surface area is 424 Å². The van der Waals surface area contributed by atoms with Crippen molar-refractivity contribution in [2.75, 3.05) is 0 Å². The Hall–Kier alpha value is -8.71. The van der Waals surface area contributed by atoms with Gasteiger partial charge in [0.25, 0.3) is 6.71 Å². The number of benzene rings is 10. The average Bonchev–Trinajstić information content (AvgIpc) is 4.01. The van der Waals surface area contributed by atoms with E-state index in [1.54, 1.807) is 6.07 Å². The van der Waals surface area contributed by atoms with E-state index in [-0.39, 0.29) is 33.5 Å². The zero-order valence-electron chi connectivity index (χ0n) is 37.8. The van der Waals surface area contributed by atoms with Crippen molar-refractivity contribution in [1.29, 1.82) is 0 Å². The van der Waals surface area contributed by atoms with Crippen LogP contribution >= 0.6 is 0 Å². The second-order valence-electron chi connectivity index (χ2n) is 17.6. The Balaban J connectivity index is 0.00000492. The molecule has 4 heterocycles. The first-order valence-corrected chi connectivity index (χ1v) is 23.4. The van der Waals surface area contributed by atoms with E-state index in [2.05, 4.69) is 167 Å². The number of aromatic hydroxyl groups is 1. The number of nitrogens with zero attached hydrogens (tertiary/aromatic N) is 4. The van der Waals surface area contributed by atoms with Crippen LogP contribution < -0.4 is 25.9 Å². The Morgan fingerprint density at radius 1 is 0.451 bits per heavy atom. The number of hydrogen-bond acceptors (Lipinski definition) is 5. The normalized spacial score (nSPS) is 12.1. The molecule has 0 fully saturated rings. The smallest absolute Gasteiger partial charge is 0.259 e. The number of phenolic OH excluding ortho intramolecular Hbond substituents is 1. The molecule has 9 heteroatoms. The summed E-state index contributed by atoms with van der Waals surface area (Å²) in [6, 6.07) is 80.0. The summed E-state index contributed by atoms with van der Waals surface area (Å²) in [5.74, 6) is 4.19. The van der Waals surface area contributed by atoms with E-state index in [0.717, 1.165) is 101 Å². The predicted molar refractivity (Wildman–Crippen MR) is 281 cm³/mol. The molecule has 14 rings (SSSR count). The minimum absolute atomic E-state index is 0. The molecule has 7 nitrogen and oxygen atoms in total. The molecule has 0 radical (unpaired) electrons.